The van der Waals surface area contributed by atoms with Gasteiger partial charge in [-0.3, -0.25) is 19.2 Å². The van der Waals surface area contributed by atoms with Crippen LogP contribution in [0, 0.1) is 0 Å². The Hall–Kier alpha value is -3.44. The third-order valence-electron chi connectivity index (χ3n) is 7.94. The highest BCUT2D eigenvalue weighted by molar-refractivity contribution is 5.94. The van der Waals surface area contributed by atoms with Gasteiger partial charge in [-0.2, -0.15) is 0 Å². The summed E-state index contributed by atoms with van der Waals surface area (Å²) in [6.07, 6.45) is 13.4. The summed E-state index contributed by atoms with van der Waals surface area (Å²) in [6.45, 7) is 3.13. The van der Waals surface area contributed by atoms with Gasteiger partial charge in [-0.05, 0) is 69.7 Å². The molecular formula is C33H55N7O4. The molecule has 2 rings (SSSR count). The molecule has 11 heteroatoms. The fourth-order valence-electron chi connectivity index (χ4n) is 5.32. The SMILES string of the molecule is CCCCCCCCCC(=O)N[C@@H](CCCCN)C(=O)N[C@@H](Cc1c[nH]c2ccccc12)C(=O)N[C@@H](CCCCN)C(N)=O. The van der Waals surface area contributed by atoms with Crippen LogP contribution in [0.3, 0.4) is 0 Å². The molecule has 0 saturated heterocycles. The van der Waals surface area contributed by atoms with Crippen molar-refractivity contribution in [2.75, 3.05) is 13.1 Å². The van der Waals surface area contributed by atoms with E-state index in [2.05, 4.69) is 27.9 Å². The zero-order valence-corrected chi connectivity index (χ0v) is 26.5. The lowest BCUT2D eigenvalue weighted by molar-refractivity contribution is -0.133. The summed E-state index contributed by atoms with van der Waals surface area (Å²) in [5.41, 5.74) is 18.6. The molecule has 10 N–H and O–H groups in total. The van der Waals surface area contributed by atoms with Crippen LogP contribution in [0.25, 0.3) is 10.9 Å². The molecule has 11 nitrogen and oxygen atoms in total. The lowest BCUT2D eigenvalue weighted by atomic mass is 10.0. The van der Waals surface area contributed by atoms with Crippen LogP contribution in [0.5, 0.6) is 0 Å². The number of amides is 4. The minimum atomic E-state index is -1.00. The Morgan fingerprint density at radius 1 is 0.727 bits per heavy atom. The van der Waals surface area contributed by atoms with E-state index in [0.29, 0.717) is 58.0 Å². The number of para-hydroxylation sites is 1. The molecule has 1 aromatic heterocycles. The van der Waals surface area contributed by atoms with E-state index in [1.807, 2.05) is 30.5 Å². The molecule has 3 atom stereocenters. The molecule has 0 bridgehead atoms. The number of carbonyl (C=O) groups is 4. The molecule has 0 unspecified atom stereocenters. The van der Waals surface area contributed by atoms with Crippen LogP contribution in [-0.2, 0) is 25.6 Å². The number of nitrogens with one attached hydrogen (secondary N) is 4. The van der Waals surface area contributed by atoms with Crippen molar-refractivity contribution in [1.82, 2.24) is 20.9 Å². The highest BCUT2D eigenvalue weighted by Gasteiger charge is 2.29. The summed E-state index contributed by atoms with van der Waals surface area (Å²) < 4.78 is 0. The summed E-state index contributed by atoms with van der Waals surface area (Å²) in [7, 11) is 0. The molecule has 0 spiro atoms. The van der Waals surface area contributed by atoms with E-state index in [-0.39, 0.29) is 12.3 Å². The maximum absolute atomic E-state index is 13.6. The number of hydrogen-bond acceptors (Lipinski definition) is 6. The van der Waals surface area contributed by atoms with Gasteiger partial charge in [0, 0.05) is 29.9 Å². The van der Waals surface area contributed by atoms with Crippen LogP contribution in [0.2, 0.25) is 0 Å². The lowest BCUT2D eigenvalue weighted by Crippen LogP contribution is -2.57. The van der Waals surface area contributed by atoms with Crippen molar-refractivity contribution in [3.63, 3.8) is 0 Å². The van der Waals surface area contributed by atoms with Crippen LogP contribution >= 0.6 is 0 Å². The van der Waals surface area contributed by atoms with Crippen molar-refractivity contribution in [3.8, 4) is 0 Å². The van der Waals surface area contributed by atoms with Crippen LogP contribution in [0.1, 0.15) is 102 Å². The van der Waals surface area contributed by atoms with Gasteiger partial charge in [0.2, 0.25) is 23.6 Å². The van der Waals surface area contributed by atoms with Gasteiger partial charge >= 0.3 is 0 Å². The third kappa shape index (κ3) is 13.5. The number of benzene rings is 1. The standard InChI is InChI=1S/C33H55N7O4/c1-2-3-4-5-6-7-8-19-30(41)38-28(18-12-14-21-35)32(43)40-29(22-24-23-37-26-16-10-9-15-25(24)26)33(44)39-27(31(36)42)17-11-13-20-34/h9-10,15-16,23,27-29,37H,2-8,11-14,17-22,34-35H2,1H3,(H2,36,42)(H,38,41)(H,39,44)(H,40,43)/t27-,28-,29-/m0/s1. The van der Waals surface area contributed by atoms with Crippen LogP contribution in [0.4, 0.5) is 0 Å². The molecular weight excluding hydrogens is 558 g/mol. The Balaban J connectivity index is 2.15. The normalized spacial score (nSPS) is 13.2. The zero-order valence-electron chi connectivity index (χ0n) is 26.5. The number of primary amides is 1. The molecule has 0 aliphatic carbocycles. The molecule has 0 aliphatic rings. The first-order valence-electron chi connectivity index (χ1n) is 16.4. The van der Waals surface area contributed by atoms with Crippen LogP contribution < -0.4 is 33.2 Å². The fraction of sp³-hybridized carbons (Fsp3) is 0.636. The van der Waals surface area contributed by atoms with Crippen molar-refractivity contribution in [2.45, 2.75) is 121 Å². The van der Waals surface area contributed by atoms with E-state index in [1.54, 1.807) is 0 Å². The first-order valence-corrected chi connectivity index (χ1v) is 16.4. The molecule has 1 aromatic carbocycles. The van der Waals surface area contributed by atoms with E-state index in [0.717, 1.165) is 35.7 Å². The van der Waals surface area contributed by atoms with E-state index >= 15 is 0 Å². The number of unbranched alkanes of at least 4 members (excludes halogenated alkanes) is 8. The largest absolute Gasteiger partial charge is 0.368 e. The highest BCUT2D eigenvalue weighted by Crippen LogP contribution is 2.19. The van der Waals surface area contributed by atoms with Gasteiger partial charge < -0.3 is 38.1 Å². The van der Waals surface area contributed by atoms with Crippen molar-refractivity contribution in [1.29, 1.82) is 0 Å². The topological polar surface area (TPSA) is 198 Å². The van der Waals surface area contributed by atoms with Crippen LogP contribution in [-0.4, -0.2) is 59.8 Å². The second-order valence-electron chi connectivity index (χ2n) is 11.6. The first-order chi connectivity index (χ1) is 21.3. The predicted molar refractivity (Wildman–Crippen MR) is 175 cm³/mol. The molecule has 0 saturated carbocycles. The molecule has 0 aliphatic heterocycles. The van der Waals surface area contributed by atoms with Gasteiger partial charge in [0.15, 0.2) is 0 Å². The molecule has 44 heavy (non-hydrogen) atoms. The summed E-state index contributed by atoms with van der Waals surface area (Å²) >= 11 is 0. The Morgan fingerprint density at radius 3 is 1.98 bits per heavy atom. The molecule has 246 valence electrons. The van der Waals surface area contributed by atoms with E-state index in [4.69, 9.17) is 17.2 Å². The maximum Gasteiger partial charge on any atom is 0.243 e. The number of rotatable bonds is 24. The minimum Gasteiger partial charge on any atom is -0.368 e. The Bertz CT molecular complexity index is 1150. The second kappa shape index (κ2) is 21.3. The third-order valence-corrected chi connectivity index (χ3v) is 7.94. The van der Waals surface area contributed by atoms with Crippen molar-refractivity contribution in [2.24, 2.45) is 17.2 Å². The molecule has 2 aromatic rings. The number of carbonyl (C=O) groups excluding carboxylic acids is 4. The molecule has 0 fully saturated rings. The first kappa shape index (κ1) is 36.8. The number of nitrogens with two attached hydrogens (primary N) is 3. The van der Waals surface area contributed by atoms with E-state index < -0.39 is 35.8 Å². The summed E-state index contributed by atoms with van der Waals surface area (Å²) in [5.74, 6) is -1.80. The summed E-state index contributed by atoms with van der Waals surface area (Å²) in [4.78, 5) is 55.4. The van der Waals surface area contributed by atoms with Crippen molar-refractivity contribution >= 4 is 34.5 Å². The highest BCUT2D eigenvalue weighted by atomic mass is 16.2. The lowest BCUT2D eigenvalue weighted by Gasteiger charge is -2.25. The van der Waals surface area contributed by atoms with Gasteiger partial charge in [0.1, 0.15) is 18.1 Å². The number of fused-ring (bicyclic) bond motifs is 1. The molecule has 0 radical (unpaired) electrons. The van der Waals surface area contributed by atoms with Gasteiger partial charge in [-0.1, -0.05) is 63.6 Å². The molecule has 4 amide bonds. The average molecular weight is 614 g/mol. The quantitative estimate of drug-likeness (QED) is 0.0888. The number of aromatic nitrogens is 1. The van der Waals surface area contributed by atoms with Crippen LogP contribution in [0.15, 0.2) is 30.5 Å². The smallest absolute Gasteiger partial charge is 0.243 e. The predicted octanol–water partition coefficient (Wildman–Crippen LogP) is 3.05. The summed E-state index contributed by atoms with van der Waals surface area (Å²) in [5, 5.41) is 9.44. The monoisotopic (exact) mass is 613 g/mol. The van der Waals surface area contributed by atoms with Gasteiger partial charge in [-0.15, -0.1) is 0 Å². The molecule has 1 heterocycles. The minimum absolute atomic E-state index is 0.178. The van der Waals surface area contributed by atoms with Gasteiger partial charge in [0.25, 0.3) is 0 Å². The van der Waals surface area contributed by atoms with E-state index in [9.17, 15) is 19.2 Å². The number of aromatic amines is 1. The fourth-order valence-corrected chi connectivity index (χ4v) is 5.32. The van der Waals surface area contributed by atoms with Crippen molar-refractivity contribution in [3.05, 3.63) is 36.0 Å². The van der Waals surface area contributed by atoms with E-state index in [1.165, 1.54) is 25.7 Å². The number of hydrogen-bond donors (Lipinski definition) is 7. The second-order valence-corrected chi connectivity index (χ2v) is 11.6. The van der Waals surface area contributed by atoms with Crippen molar-refractivity contribution < 1.29 is 19.2 Å². The van der Waals surface area contributed by atoms with Gasteiger partial charge in [-0.25, -0.2) is 0 Å². The Morgan fingerprint density at radius 2 is 1.32 bits per heavy atom. The van der Waals surface area contributed by atoms with Gasteiger partial charge in [0.05, 0.1) is 0 Å². The average Bonchev–Trinajstić information content (AvgIpc) is 3.42. The Kier molecular flexibility index (Phi) is 17.8. The summed E-state index contributed by atoms with van der Waals surface area (Å²) in [6, 6.07) is 4.98. The number of H-pyrrole nitrogens is 1. The maximum atomic E-state index is 13.6. The Labute approximate surface area is 262 Å². The zero-order chi connectivity index (χ0) is 32.2.